The van der Waals surface area contributed by atoms with E-state index in [9.17, 15) is 0 Å². The quantitative estimate of drug-likeness (QED) is 0.593. The van der Waals surface area contributed by atoms with E-state index < -0.39 is 0 Å². The number of hydrogen-bond acceptors (Lipinski definition) is 2. The van der Waals surface area contributed by atoms with E-state index in [1.54, 1.807) is 0 Å². The fourth-order valence-corrected chi connectivity index (χ4v) is 2.47. The molecule has 0 aromatic heterocycles. The lowest BCUT2D eigenvalue weighted by Crippen LogP contribution is -2.50. The van der Waals surface area contributed by atoms with Crippen LogP contribution in [-0.4, -0.2) is 37.6 Å². The molecule has 0 aromatic carbocycles. The summed E-state index contributed by atoms with van der Waals surface area (Å²) in [6, 6.07) is 0. The lowest BCUT2D eigenvalue weighted by molar-refractivity contribution is 0.102. The summed E-state index contributed by atoms with van der Waals surface area (Å²) >= 11 is 0. The molecule has 0 aliphatic carbocycles. The molecule has 64 valence electrons. The lowest BCUT2D eigenvalue weighted by Gasteiger charge is -2.41. The number of hydrogen-bond donors (Lipinski definition) is 1. The van der Waals surface area contributed by atoms with E-state index >= 15 is 0 Å². The predicted octanol–water partition coefficient (Wildman–Crippen LogP) is 0.548. The number of fused-ring (bicyclic) bond motifs is 2. The van der Waals surface area contributed by atoms with Crippen LogP contribution in [-0.2, 0) is 0 Å². The smallest absolute Gasteiger partial charge is 0.00219 e. The van der Waals surface area contributed by atoms with E-state index in [0.29, 0.717) is 0 Å². The molecule has 2 unspecified atom stereocenters. The third-order valence-corrected chi connectivity index (χ3v) is 3.01. The largest absolute Gasteiger partial charge is 0.316 e. The Balaban J connectivity index is 1.94. The summed E-state index contributed by atoms with van der Waals surface area (Å²) in [6.07, 6.45) is 1.48. The second kappa shape index (κ2) is 3.11. The average molecular weight is 154 g/mol. The monoisotopic (exact) mass is 154 g/mol. The van der Waals surface area contributed by atoms with Crippen LogP contribution >= 0.6 is 0 Å². The van der Waals surface area contributed by atoms with Gasteiger partial charge in [0.15, 0.2) is 0 Å². The molecule has 2 nitrogen and oxygen atoms in total. The first kappa shape index (κ1) is 7.56. The number of nitrogens with one attached hydrogen (secondary N) is 1. The molecule has 1 N–H and O–H groups in total. The second-order valence-electron chi connectivity index (χ2n) is 3.98. The zero-order chi connectivity index (χ0) is 7.68. The zero-order valence-electron chi connectivity index (χ0n) is 7.34. The number of rotatable bonds is 1. The fraction of sp³-hybridized carbons (Fsp3) is 1.00. The minimum absolute atomic E-state index is 0.947. The molecular weight excluding hydrogens is 136 g/mol. The summed E-state index contributed by atoms with van der Waals surface area (Å²) in [5, 5.41) is 3.50. The third kappa shape index (κ3) is 1.57. The van der Waals surface area contributed by atoms with E-state index in [0.717, 1.165) is 11.8 Å². The Morgan fingerprint density at radius 3 is 2.45 bits per heavy atom. The molecular formula is C9H18N2. The summed E-state index contributed by atoms with van der Waals surface area (Å²) in [6.45, 7) is 8.70. The van der Waals surface area contributed by atoms with Crippen molar-refractivity contribution in [3.05, 3.63) is 0 Å². The van der Waals surface area contributed by atoms with Gasteiger partial charge in [-0.2, -0.15) is 0 Å². The Morgan fingerprint density at radius 1 is 1.27 bits per heavy atom. The van der Waals surface area contributed by atoms with Crippen molar-refractivity contribution in [3.8, 4) is 0 Å². The molecule has 2 bridgehead atoms. The number of piperidine rings is 2. The maximum Gasteiger partial charge on any atom is 0.00219 e. The van der Waals surface area contributed by atoms with Crippen LogP contribution in [0.3, 0.4) is 0 Å². The van der Waals surface area contributed by atoms with Crippen molar-refractivity contribution in [2.45, 2.75) is 13.3 Å². The highest BCUT2D eigenvalue weighted by molar-refractivity contribution is 4.84. The number of nitrogens with zero attached hydrogens (tertiary/aromatic N) is 1. The SMILES string of the molecule is CCN1CC2CNCC(C2)C1. The third-order valence-electron chi connectivity index (χ3n) is 3.01. The van der Waals surface area contributed by atoms with Crippen LogP contribution in [0, 0.1) is 11.8 Å². The van der Waals surface area contributed by atoms with Crippen molar-refractivity contribution in [2.24, 2.45) is 11.8 Å². The van der Waals surface area contributed by atoms with Gasteiger partial charge in [0.05, 0.1) is 0 Å². The molecule has 2 heteroatoms. The Kier molecular flexibility index (Phi) is 2.14. The fourth-order valence-electron chi connectivity index (χ4n) is 2.47. The molecule has 0 spiro atoms. The van der Waals surface area contributed by atoms with Crippen molar-refractivity contribution in [1.82, 2.24) is 10.2 Å². The van der Waals surface area contributed by atoms with Gasteiger partial charge in [0, 0.05) is 13.1 Å². The average Bonchev–Trinajstić information content (AvgIpc) is 2.03. The van der Waals surface area contributed by atoms with Crippen LogP contribution in [0.1, 0.15) is 13.3 Å². The van der Waals surface area contributed by atoms with Crippen LogP contribution in [0.5, 0.6) is 0 Å². The van der Waals surface area contributed by atoms with Crippen molar-refractivity contribution in [3.63, 3.8) is 0 Å². The van der Waals surface area contributed by atoms with Gasteiger partial charge in [-0.1, -0.05) is 6.92 Å². The molecule has 0 saturated carbocycles. The van der Waals surface area contributed by atoms with Crippen molar-refractivity contribution in [1.29, 1.82) is 0 Å². The molecule has 2 rings (SSSR count). The highest BCUT2D eigenvalue weighted by Crippen LogP contribution is 2.23. The molecule has 2 saturated heterocycles. The van der Waals surface area contributed by atoms with Gasteiger partial charge in [0.1, 0.15) is 0 Å². The van der Waals surface area contributed by atoms with Crippen LogP contribution in [0.15, 0.2) is 0 Å². The van der Waals surface area contributed by atoms with Gasteiger partial charge in [-0.05, 0) is 37.9 Å². The van der Waals surface area contributed by atoms with Crippen LogP contribution in [0.25, 0.3) is 0 Å². The van der Waals surface area contributed by atoms with E-state index in [1.807, 2.05) is 0 Å². The summed E-state index contributed by atoms with van der Waals surface area (Å²) in [5.74, 6) is 1.89. The van der Waals surface area contributed by atoms with Crippen molar-refractivity contribution >= 4 is 0 Å². The van der Waals surface area contributed by atoms with Gasteiger partial charge >= 0.3 is 0 Å². The van der Waals surface area contributed by atoms with Gasteiger partial charge in [0.25, 0.3) is 0 Å². The molecule has 11 heavy (non-hydrogen) atoms. The highest BCUT2D eigenvalue weighted by atomic mass is 15.1. The van der Waals surface area contributed by atoms with Crippen LogP contribution in [0.4, 0.5) is 0 Å². The number of likely N-dealkylation sites (tertiary alicyclic amines) is 1. The zero-order valence-corrected chi connectivity index (χ0v) is 7.34. The molecule has 2 aliphatic rings. The van der Waals surface area contributed by atoms with Gasteiger partial charge < -0.3 is 10.2 Å². The summed E-state index contributed by atoms with van der Waals surface area (Å²) in [7, 11) is 0. The summed E-state index contributed by atoms with van der Waals surface area (Å²) < 4.78 is 0. The maximum absolute atomic E-state index is 3.50. The van der Waals surface area contributed by atoms with Gasteiger partial charge in [0.2, 0.25) is 0 Å². The van der Waals surface area contributed by atoms with E-state index in [-0.39, 0.29) is 0 Å². The van der Waals surface area contributed by atoms with Gasteiger partial charge in [-0.3, -0.25) is 0 Å². The predicted molar refractivity (Wildman–Crippen MR) is 46.6 cm³/mol. The first-order chi connectivity index (χ1) is 5.38. The van der Waals surface area contributed by atoms with E-state index in [1.165, 1.54) is 39.1 Å². The normalized spacial score (nSPS) is 39.0. The molecule has 0 aromatic rings. The van der Waals surface area contributed by atoms with Gasteiger partial charge in [-0.25, -0.2) is 0 Å². The molecule has 2 heterocycles. The Morgan fingerprint density at radius 2 is 1.91 bits per heavy atom. The topological polar surface area (TPSA) is 15.3 Å². The Labute approximate surface area is 69.0 Å². The standard InChI is InChI=1S/C9H18N2/c1-2-11-6-8-3-9(7-11)5-10-4-8/h8-10H,2-7H2,1H3. The van der Waals surface area contributed by atoms with Crippen LogP contribution < -0.4 is 5.32 Å². The lowest BCUT2D eigenvalue weighted by atomic mass is 9.86. The Bertz CT molecular complexity index is 124. The van der Waals surface area contributed by atoms with Crippen LogP contribution in [0.2, 0.25) is 0 Å². The van der Waals surface area contributed by atoms with Crippen molar-refractivity contribution < 1.29 is 0 Å². The molecule has 2 fully saturated rings. The van der Waals surface area contributed by atoms with E-state index in [4.69, 9.17) is 0 Å². The maximum atomic E-state index is 3.50. The second-order valence-corrected chi connectivity index (χ2v) is 3.98. The van der Waals surface area contributed by atoms with E-state index in [2.05, 4.69) is 17.1 Å². The Hall–Kier alpha value is -0.0800. The first-order valence-electron chi connectivity index (χ1n) is 4.81. The highest BCUT2D eigenvalue weighted by Gasteiger charge is 2.29. The minimum atomic E-state index is 0.947. The van der Waals surface area contributed by atoms with Crippen molar-refractivity contribution in [2.75, 3.05) is 32.7 Å². The summed E-state index contributed by atoms with van der Waals surface area (Å²) in [4.78, 5) is 2.60. The molecule has 2 atom stereocenters. The molecule has 0 radical (unpaired) electrons. The molecule has 0 amide bonds. The molecule has 2 aliphatic heterocycles. The van der Waals surface area contributed by atoms with Gasteiger partial charge in [-0.15, -0.1) is 0 Å². The first-order valence-corrected chi connectivity index (χ1v) is 4.81. The summed E-state index contributed by atoms with van der Waals surface area (Å²) in [5.41, 5.74) is 0. The minimum Gasteiger partial charge on any atom is -0.316 e.